The molecule has 0 aliphatic carbocycles. The van der Waals surface area contributed by atoms with Crippen LogP contribution in [0, 0.1) is 0 Å². The van der Waals surface area contributed by atoms with Gasteiger partial charge in [-0.15, -0.1) is 0 Å². The lowest BCUT2D eigenvalue weighted by Gasteiger charge is -1.89. The highest BCUT2D eigenvalue weighted by Gasteiger charge is 2.23. The fourth-order valence-electron chi connectivity index (χ4n) is 0.908. The molecule has 3 nitrogen and oxygen atoms in total. The van der Waals surface area contributed by atoms with E-state index in [0.717, 1.165) is 6.61 Å². The van der Waals surface area contributed by atoms with Crippen molar-refractivity contribution in [2.45, 2.75) is 6.10 Å². The van der Waals surface area contributed by atoms with Gasteiger partial charge in [0.2, 0.25) is 0 Å². The van der Waals surface area contributed by atoms with Gasteiger partial charge in [-0.2, -0.15) is 0 Å². The van der Waals surface area contributed by atoms with Crippen molar-refractivity contribution in [3.8, 4) is 0 Å². The highest BCUT2D eigenvalue weighted by molar-refractivity contribution is 5.19. The summed E-state index contributed by atoms with van der Waals surface area (Å²) < 4.78 is 5.09. The van der Waals surface area contributed by atoms with Crippen LogP contribution in [0.4, 0.5) is 0 Å². The van der Waals surface area contributed by atoms with E-state index in [1.54, 1.807) is 0 Å². The van der Waals surface area contributed by atoms with Crippen molar-refractivity contribution in [2.75, 3.05) is 19.8 Å². The molecule has 0 aromatic heterocycles. The van der Waals surface area contributed by atoms with Crippen LogP contribution in [-0.4, -0.2) is 30.0 Å². The quantitative estimate of drug-likeness (QED) is 0.663. The second kappa shape index (κ2) is 5.70. The van der Waals surface area contributed by atoms with Crippen molar-refractivity contribution < 1.29 is 14.9 Å². The molecule has 1 aromatic rings. The van der Waals surface area contributed by atoms with E-state index in [4.69, 9.17) is 14.9 Å². The molecule has 0 radical (unpaired) electrons. The Morgan fingerprint density at radius 2 is 1.69 bits per heavy atom. The number of hydrogen-bond acceptors (Lipinski definition) is 3. The summed E-state index contributed by atoms with van der Waals surface area (Å²) in [5.74, 6) is 0. The van der Waals surface area contributed by atoms with E-state index in [-0.39, 0.29) is 13.2 Å². The number of aliphatic hydroxyl groups is 2. The fraction of sp³-hybridized carbons (Fsp3) is 0.400. The number of benzene rings is 1. The van der Waals surface area contributed by atoms with E-state index in [9.17, 15) is 0 Å². The minimum atomic E-state index is -0.125. The van der Waals surface area contributed by atoms with E-state index in [2.05, 4.69) is 12.1 Å². The summed E-state index contributed by atoms with van der Waals surface area (Å²) in [4.78, 5) is 0. The van der Waals surface area contributed by atoms with Gasteiger partial charge in [0, 0.05) is 0 Å². The van der Waals surface area contributed by atoms with E-state index >= 15 is 0 Å². The average Bonchev–Trinajstić information content (AvgIpc) is 3.03. The van der Waals surface area contributed by atoms with Gasteiger partial charge in [-0.25, -0.2) is 0 Å². The molecule has 1 aliphatic heterocycles. The van der Waals surface area contributed by atoms with Gasteiger partial charge in [-0.3, -0.25) is 0 Å². The van der Waals surface area contributed by atoms with Crippen LogP contribution in [0.5, 0.6) is 0 Å². The second-order valence-corrected chi connectivity index (χ2v) is 2.68. The molecular formula is C10H14O3. The van der Waals surface area contributed by atoms with Crippen LogP contribution < -0.4 is 0 Å². The topological polar surface area (TPSA) is 53.0 Å². The van der Waals surface area contributed by atoms with Gasteiger partial charge in [0.1, 0.15) is 6.10 Å². The standard InChI is InChI=1S/C8H8O.C2H6O2/c1-2-4-7(5-3-1)8-6-9-8;3-1-2-4/h1-5,8H,6H2;3-4H,1-2H2. The maximum atomic E-state index is 7.62. The molecule has 0 spiro atoms. The zero-order valence-electron chi connectivity index (χ0n) is 7.39. The van der Waals surface area contributed by atoms with Crippen LogP contribution in [0.2, 0.25) is 0 Å². The van der Waals surface area contributed by atoms with Crippen molar-refractivity contribution in [3.63, 3.8) is 0 Å². The third kappa shape index (κ3) is 4.03. The molecule has 1 aromatic carbocycles. The first-order valence-corrected chi connectivity index (χ1v) is 4.26. The molecule has 1 atom stereocenters. The van der Waals surface area contributed by atoms with Gasteiger partial charge >= 0.3 is 0 Å². The molecule has 1 saturated heterocycles. The monoisotopic (exact) mass is 182 g/mol. The molecule has 3 heteroatoms. The summed E-state index contributed by atoms with van der Waals surface area (Å²) in [5.41, 5.74) is 1.30. The Morgan fingerprint density at radius 3 is 2.08 bits per heavy atom. The minimum absolute atomic E-state index is 0.125. The molecular weight excluding hydrogens is 168 g/mol. The summed E-state index contributed by atoms with van der Waals surface area (Å²) in [6.07, 6.45) is 0.409. The highest BCUT2D eigenvalue weighted by atomic mass is 16.6. The van der Waals surface area contributed by atoms with E-state index < -0.39 is 0 Å². The molecule has 0 bridgehead atoms. The number of aliphatic hydroxyl groups excluding tert-OH is 2. The summed E-state index contributed by atoms with van der Waals surface area (Å²) in [6.45, 7) is 0.657. The molecule has 1 fully saturated rings. The fourth-order valence-corrected chi connectivity index (χ4v) is 0.908. The van der Waals surface area contributed by atoms with Gasteiger partial charge in [-0.1, -0.05) is 30.3 Å². The normalized spacial score (nSPS) is 18.8. The van der Waals surface area contributed by atoms with E-state index in [1.165, 1.54) is 5.56 Å². The molecule has 72 valence electrons. The second-order valence-electron chi connectivity index (χ2n) is 2.68. The first-order chi connectivity index (χ1) is 6.38. The van der Waals surface area contributed by atoms with Crippen LogP contribution in [-0.2, 0) is 4.74 Å². The Labute approximate surface area is 77.6 Å². The molecule has 13 heavy (non-hydrogen) atoms. The van der Waals surface area contributed by atoms with Crippen molar-refractivity contribution in [1.29, 1.82) is 0 Å². The molecule has 1 heterocycles. The van der Waals surface area contributed by atoms with Crippen molar-refractivity contribution >= 4 is 0 Å². The van der Waals surface area contributed by atoms with Crippen LogP contribution in [0.1, 0.15) is 11.7 Å². The lowest BCUT2D eigenvalue weighted by Crippen LogP contribution is -1.85. The predicted octanol–water partition coefficient (Wildman–Crippen LogP) is 0.729. The number of rotatable bonds is 2. The zero-order valence-corrected chi connectivity index (χ0v) is 7.39. The highest BCUT2D eigenvalue weighted by Crippen LogP contribution is 2.28. The molecule has 0 amide bonds. The molecule has 1 aliphatic rings. The van der Waals surface area contributed by atoms with E-state index in [1.807, 2.05) is 18.2 Å². The van der Waals surface area contributed by atoms with Gasteiger partial charge in [-0.05, 0) is 5.56 Å². The van der Waals surface area contributed by atoms with Crippen molar-refractivity contribution in [1.82, 2.24) is 0 Å². The molecule has 0 saturated carbocycles. The SMILES string of the molecule is OCCO.c1ccc(C2CO2)cc1. The van der Waals surface area contributed by atoms with Gasteiger partial charge in [0.15, 0.2) is 0 Å². The summed E-state index contributed by atoms with van der Waals surface area (Å²) in [5, 5.41) is 15.2. The Morgan fingerprint density at radius 1 is 1.15 bits per heavy atom. The first-order valence-electron chi connectivity index (χ1n) is 4.26. The number of epoxide rings is 1. The summed E-state index contributed by atoms with van der Waals surface area (Å²) in [7, 11) is 0. The average molecular weight is 182 g/mol. The maximum Gasteiger partial charge on any atom is 0.106 e. The molecule has 2 N–H and O–H groups in total. The predicted molar refractivity (Wildman–Crippen MR) is 49.3 cm³/mol. The third-order valence-corrected chi connectivity index (χ3v) is 1.60. The molecule has 2 rings (SSSR count). The van der Waals surface area contributed by atoms with Crippen LogP contribution in [0.15, 0.2) is 30.3 Å². The smallest absolute Gasteiger partial charge is 0.106 e. The molecule has 1 unspecified atom stereocenters. The third-order valence-electron chi connectivity index (χ3n) is 1.60. The Kier molecular flexibility index (Phi) is 4.46. The summed E-state index contributed by atoms with van der Waals surface area (Å²) in [6, 6.07) is 10.3. The minimum Gasteiger partial charge on any atom is -0.394 e. The van der Waals surface area contributed by atoms with E-state index in [0.29, 0.717) is 6.10 Å². The van der Waals surface area contributed by atoms with Crippen LogP contribution >= 0.6 is 0 Å². The van der Waals surface area contributed by atoms with Gasteiger partial charge < -0.3 is 14.9 Å². The first kappa shape index (κ1) is 10.2. The Hall–Kier alpha value is -0.900. The van der Waals surface area contributed by atoms with Gasteiger partial charge in [0.25, 0.3) is 0 Å². The zero-order chi connectivity index (χ0) is 9.52. The van der Waals surface area contributed by atoms with Crippen LogP contribution in [0.25, 0.3) is 0 Å². The lowest BCUT2D eigenvalue weighted by molar-refractivity contribution is 0.186. The Balaban J connectivity index is 0.000000184. The number of hydrogen-bond donors (Lipinski definition) is 2. The van der Waals surface area contributed by atoms with Crippen molar-refractivity contribution in [2.24, 2.45) is 0 Å². The Bertz CT molecular complexity index is 217. The summed E-state index contributed by atoms with van der Waals surface area (Å²) >= 11 is 0. The number of ether oxygens (including phenoxy) is 1. The van der Waals surface area contributed by atoms with Crippen LogP contribution in [0.3, 0.4) is 0 Å². The lowest BCUT2D eigenvalue weighted by atomic mass is 10.2. The maximum absolute atomic E-state index is 7.62. The largest absolute Gasteiger partial charge is 0.394 e. The van der Waals surface area contributed by atoms with Gasteiger partial charge in [0.05, 0.1) is 19.8 Å². The van der Waals surface area contributed by atoms with Crippen molar-refractivity contribution in [3.05, 3.63) is 35.9 Å².